The van der Waals surface area contributed by atoms with E-state index in [1.165, 1.54) is 5.56 Å². The number of ether oxygens (including phenoxy) is 2. The molecule has 0 aliphatic carbocycles. The number of hydrogen-bond acceptors (Lipinski definition) is 6. The number of aliphatic hydroxyl groups is 2. The van der Waals surface area contributed by atoms with Crippen LogP contribution in [0.1, 0.15) is 25.0 Å². The fourth-order valence-corrected chi connectivity index (χ4v) is 4.73. The van der Waals surface area contributed by atoms with Gasteiger partial charge >= 0.3 is 0 Å². The molecule has 1 aliphatic rings. The molecule has 0 aromatic heterocycles. The van der Waals surface area contributed by atoms with Gasteiger partial charge in [0.15, 0.2) is 0 Å². The van der Waals surface area contributed by atoms with Gasteiger partial charge in [0.1, 0.15) is 36.9 Å². The Morgan fingerprint density at radius 1 is 0.875 bits per heavy atom. The van der Waals surface area contributed by atoms with Gasteiger partial charge in [0.25, 0.3) is 0 Å². The summed E-state index contributed by atoms with van der Waals surface area (Å²) >= 11 is 7.57. The van der Waals surface area contributed by atoms with Crippen molar-refractivity contribution in [3.8, 4) is 11.5 Å². The average molecular weight is 480 g/mol. The molecule has 176 valence electrons. The summed E-state index contributed by atoms with van der Waals surface area (Å²) in [5.41, 5.74) is 2.13. The van der Waals surface area contributed by atoms with Crippen LogP contribution in [0.5, 0.6) is 11.5 Å². The number of nitrogens with zero attached hydrogens (tertiary/aromatic N) is 1. The van der Waals surface area contributed by atoms with E-state index in [2.05, 4.69) is 30.9 Å². The number of halogens is 1. The molecule has 0 unspecified atom stereocenters. The van der Waals surface area contributed by atoms with Crippen molar-refractivity contribution in [1.29, 1.82) is 0 Å². The van der Waals surface area contributed by atoms with Gasteiger partial charge in [-0.15, -0.1) is 11.6 Å². The molecular weight excluding hydrogens is 446 g/mol. The summed E-state index contributed by atoms with van der Waals surface area (Å²) in [5, 5.41) is 19.8. The number of hydrogen-bond donors (Lipinski definition) is 2. The van der Waals surface area contributed by atoms with Crippen molar-refractivity contribution >= 4 is 23.4 Å². The third-order valence-electron chi connectivity index (χ3n) is 5.79. The highest BCUT2D eigenvalue weighted by Crippen LogP contribution is 2.33. The van der Waals surface area contributed by atoms with Crippen molar-refractivity contribution in [3.63, 3.8) is 0 Å². The molecule has 1 heterocycles. The fourth-order valence-electron chi connectivity index (χ4n) is 3.67. The van der Waals surface area contributed by atoms with E-state index in [4.69, 9.17) is 21.1 Å². The van der Waals surface area contributed by atoms with Crippen LogP contribution in [-0.4, -0.2) is 77.6 Å². The number of aliphatic hydroxyl groups excluding tert-OH is 2. The largest absolute Gasteiger partial charge is 0.491 e. The van der Waals surface area contributed by atoms with Gasteiger partial charge in [0, 0.05) is 36.6 Å². The Balaban J connectivity index is 1.53. The maximum atomic E-state index is 10.3. The molecule has 2 N–H and O–H groups in total. The van der Waals surface area contributed by atoms with E-state index in [0.717, 1.165) is 35.9 Å². The zero-order valence-electron chi connectivity index (χ0n) is 18.9. The van der Waals surface area contributed by atoms with Crippen molar-refractivity contribution in [2.24, 2.45) is 0 Å². The van der Waals surface area contributed by atoms with E-state index < -0.39 is 12.2 Å². The van der Waals surface area contributed by atoms with Crippen LogP contribution in [0.25, 0.3) is 0 Å². The molecular formula is C25H34ClNO4S. The molecule has 2 atom stereocenters. The molecule has 3 rings (SSSR count). The fraction of sp³-hybridized carbons (Fsp3) is 0.520. The zero-order chi connectivity index (χ0) is 23.0. The van der Waals surface area contributed by atoms with Crippen molar-refractivity contribution in [2.75, 3.05) is 50.2 Å². The van der Waals surface area contributed by atoms with Crippen LogP contribution in [0.15, 0.2) is 48.5 Å². The maximum absolute atomic E-state index is 10.3. The van der Waals surface area contributed by atoms with Crippen molar-refractivity contribution in [1.82, 2.24) is 4.90 Å². The molecule has 2 aromatic carbocycles. The second kappa shape index (κ2) is 12.1. The van der Waals surface area contributed by atoms with E-state index >= 15 is 0 Å². The van der Waals surface area contributed by atoms with Gasteiger partial charge in [-0.3, -0.25) is 4.90 Å². The van der Waals surface area contributed by atoms with Crippen LogP contribution in [0, 0.1) is 0 Å². The summed E-state index contributed by atoms with van der Waals surface area (Å²) in [6.07, 6.45) is -1.15. The van der Waals surface area contributed by atoms with E-state index in [-0.39, 0.29) is 17.9 Å². The Morgan fingerprint density at radius 2 is 1.34 bits per heavy atom. The molecule has 7 heteroatoms. The molecule has 0 radical (unpaired) electrons. The highest BCUT2D eigenvalue weighted by atomic mass is 35.5. The van der Waals surface area contributed by atoms with Crippen LogP contribution in [0.3, 0.4) is 0 Å². The van der Waals surface area contributed by atoms with Crippen LogP contribution >= 0.6 is 23.4 Å². The third kappa shape index (κ3) is 7.29. The highest BCUT2D eigenvalue weighted by Gasteiger charge is 2.23. The van der Waals surface area contributed by atoms with E-state index in [1.807, 2.05) is 48.2 Å². The lowest BCUT2D eigenvalue weighted by molar-refractivity contribution is 0.0715. The topological polar surface area (TPSA) is 62.2 Å². The molecule has 2 aromatic rings. The monoisotopic (exact) mass is 479 g/mol. The second-order valence-electron chi connectivity index (χ2n) is 8.67. The first kappa shape index (κ1) is 25.2. The molecule has 0 saturated carbocycles. The van der Waals surface area contributed by atoms with Gasteiger partial charge in [-0.05, 0) is 35.4 Å². The Hall–Kier alpha value is -1.44. The molecule has 5 nitrogen and oxygen atoms in total. The summed E-state index contributed by atoms with van der Waals surface area (Å²) < 4.78 is 11.4. The number of thioether (sulfide) groups is 1. The smallest absolute Gasteiger partial charge is 0.119 e. The van der Waals surface area contributed by atoms with Gasteiger partial charge in [-0.25, -0.2) is 0 Å². The highest BCUT2D eigenvalue weighted by molar-refractivity contribution is 7.99. The van der Waals surface area contributed by atoms with Gasteiger partial charge < -0.3 is 19.7 Å². The Kier molecular flexibility index (Phi) is 9.56. The lowest BCUT2D eigenvalue weighted by atomic mass is 9.78. The Morgan fingerprint density at radius 3 is 1.81 bits per heavy atom. The van der Waals surface area contributed by atoms with E-state index in [9.17, 15) is 10.2 Å². The first-order valence-corrected chi connectivity index (χ1v) is 12.8. The predicted octanol–water partition coefficient (Wildman–Crippen LogP) is 3.78. The van der Waals surface area contributed by atoms with Crippen molar-refractivity contribution in [3.05, 3.63) is 59.7 Å². The minimum atomic E-state index is -0.668. The van der Waals surface area contributed by atoms with Crippen LogP contribution < -0.4 is 9.47 Å². The quantitative estimate of drug-likeness (QED) is 0.478. The Bertz CT molecular complexity index is 810. The molecule has 0 bridgehead atoms. The van der Waals surface area contributed by atoms with E-state index in [0.29, 0.717) is 18.9 Å². The van der Waals surface area contributed by atoms with Crippen molar-refractivity contribution in [2.45, 2.75) is 31.5 Å². The molecule has 1 saturated heterocycles. The number of alkyl halides is 1. The molecule has 1 fully saturated rings. The summed E-state index contributed by atoms with van der Waals surface area (Å²) in [6.45, 7) is 7.57. The Labute approximate surface area is 200 Å². The van der Waals surface area contributed by atoms with Gasteiger partial charge in [-0.1, -0.05) is 38.1 Å². The summed E-state index contributed by atoms with van der Waals surface area (Å²) in [5.74, 6) is 3.90. The molecule has 0 spiro atoms. The summed E-state index contributed by atoms with van der Waals surface area (Å²) in [4.78, 5) is 2.30. The van der Waals surface area contributed by atoms with Crippen molar-refractivity contribution < 1.29 is 19.7 Å². The average Bonchev–Trinajstić information content (AvgIpc) is 2.82. The minimum Gasteiger partial charge on any atom is -0.491 e. The SMILES string of the molecule is CC(C)(c1ccc(OC[C@H](O)CCl)cc1)c1ccc(OC[C@@H](O)CN2CCSCC2)cc1. The van der Waals surface area contributed by atoms with Crippen LogP contribution in [0.4, 0.5) is 0 Å². The maximum Gasteiger partial charge on any atom is 0.119 e. The first-order chi connectivity index (χ1) is 15.4. The van der Waals surface area contributed by atoms with Gasteiger partial charge in [-0.2, -0.15) is 11.8 Å². The lowest BCUT2D eigenvalue weighted by Gasteiger charge is -2.28. The molecule has 32 heavy (non-hydrogen) atoms. The van der Waals surface area contributed by atoms with Gasteiger partial charge in [0.2, 0.25) is 0 Å². The predicted molar refractivity (Wildman–Crippen MR) is 133 cm³/mol. The second-order valence-corrected chi connectivity index (χ2v) is 10.2. The van der Waals surface area contributed by atoms with Crippen LogP contribution in [-0.2, 0) is 5.41 Å². The zero-order valence-corrected chi connectivity index (χ0v) is 20.4. The number of benzene rings is 2. The number of rotatable bonds is 11. The van der Waals surface area contributed by atoms with Crippen LogP contribution in [0.2, 0.25) is 0 Å². The minimum absolute atomic E-state index is 0.154. The molecule has 1 aliphatic heterocycles. The standard InChI is InChI=1S/C25H34ClNO4S/c1-25(2,19-3-7-23(8-4-19)30-17-21(28)15-26)20-5-9-24(10-6-20)31-18-22(29)16-27-11-13-32-14-12-27/h3-10,21-22,28-29H,11-18H2,1-2H3/t21-,22+/m1/s1. The first-order valence-electron chi connectivity index (χ1n) is 11.1. The summed E-state index contributed by atoms with van der Waals surface area (Å²) in [6, 6.07) is 16.0. The lowest BCUT2D eigenvalue weighted by Crippen LogP contribution is -2.40. The van der Waals surface area contributed by atoms with Gasteiger partial charge in [0.05, 0.1) is 5.88 Å². The normalized spacial score (nSPS) is 17.0. The van der Waals surface area contributed by atoms with E-state index in [1.54, 1.807) is 0 Å². The summed E-state index contributed by atoms with van der Waals surface area (Å²) in [7, 11) is 0. The third-order valence-corrected chi connectivity index (χ3v) is 7.09. The molecule has 0 amide bonds. The number of β-amino-alcohol motifs (C(OH)–C–C–N with tert-alkyl or cyclic N) is 1.